The number of anilines is 1. The minimum absolute atomic E-state index is 0.0523. The number of hydrogen-bond acceptors (Lipinski definition) is 3. The van der Waals surface area contributed by atoms with Gasteiger partial charge in [-0.05, 0) is 43.4 Å². The van der Waals surface area contributed by atoms with E-state index in [0.29, 0.717) is 0 Å². The van der Waals surface area contributed by atoms with Crippen LogP contribution in [-0.4, -0.2) is 15.5 Å². The molecule has 0 unspecified atom stereocenters. The van der Waals surface area contributed by atoms with Gasteiger partial charge in [0, 0.05) is 17.3 Å². The van der Waals surface area contributed by atoms with E-state index in [0.717, 1.165) is 23.5 Å². The summed E-state index contributed by atoms with van der Waals surface area (Å²) in [4.78, 5) is 18.9. The second-order valence-corrected chi connectivity index (χ2v) is 7.11. The normalized spacial score (nSPS) is 14.8. The van der Waals surface area contributed by atoms with Crippen molar-refractivity contribution in [3.63, 3.8) is 0 Å². The first-order chi connectivity index (χ1) is 11.8. The van der Waals surface area contributed by atoms with E-state index in [2.05, 4.69) is 10.3 Å². The van der Waals surface area contributed by atoms with Crippen LogP contribution in [0.25, 0.3) is 0 Å². The lowest BCUT2D eigenvalue weighted by atomic mass is 10.0. The van der Waals surface area contributed by atoms with Crippen LogP contribution in [0.2, 0.25) is 0 Å². The molecule has 0 saturated heterocycles. The summed E-state index contributed by atoms with van der Waals surface area (Å²) in [5, 5.41) is 3.76. The molecule has 4 rings (SSSR count). The average molecular weight is 337 g/mol. The number of aryl methyl sites for hydroxylation is 2. The quantitative estimate of drug-likeness (QED) is 0.781. The van der Waals surface area contributed by atoms with Gasteiger partial charge in [0.05, 0.1) is 5.69 Å². The molecule has 2 aromatic heterocycles. The SMILES string of the molecule is O=C(Nc1nc2c(s1)CCCC2)[C@H](c1ccccc1)n1cccc1. The van der Waals surface area contributed by atoms with Gasteiger partial charge in [-0.25, -0.2) is 4.98 Å². The molecule has 4 nitrogen and oxygen atoms in total. The Hall–Kier alpha value is -2.40. The molecule has 1 aliphatic carbocycles. The number of amides is 1. The fraction of sp³-hybridized carbons (Fsp3) is 0.263. The van der Waals surface area contributed by atoms with Gasteiger partial charge in [0.1, 0.15) is 6.04 Å². The second kappa shape index (κ2) is 6.61. The van der Waals surface area contributed by atoms with E-state index >= 15 is 0 Å². The van der Waals surface area contributed by atoms with E-state index in [1.54, 1.807) is 11.3 Å². The second-order valence-electron chi connectivity index (χ2n) is 6.03. The van der Waals surface area contributed by atoms with Crippen LogP contribution >= 0.6 is 11.3 Å². The van der Waals surface area contributed by atoms with Crippen molar-refractivity contribution >= 4 is 22.4 Å². The number of nitrogens with one attached hydrogen (secondary N) is 1. The minimum atomic E-state index is -0.387. The topological polar surface area (TPSA) is 46.9 Å². The predicted octanol–water partition coefficient (Wildman–Crippen LogP) is 4.05. The summed E-state index contributed by atoms with van der Waals surface area (Å²) in [5.41, 5.74) is 2.13. The number of benzene rings is 1. The van der Waals surface area contributed by atoms with Gasteiger partial charge in [0.25, 0.3) is 5.91 Å². The molecule has 0 fully saturated rings. The van der Waals surface area contributed by atoms with Crippen molar-refractivity contribution in [2.45, 2.75) is 31.7 Å². The maximum Gasteiger partial charge on any atom is 0.253 e. The van der Waals surface area contributed by atoms with Gasteiger partial charge >= 0.3 is 0 Å². The van der Waals surface area contributed by atoms with Crippen LogP contribution in [0.4, 0.5) is 5.13 Å². The molecule has 0 saturated carbocycles. The van der Waals surface area contributed by atoms with Crippen molar-refractivity contribution in [1.82, 2.24) is 9.55 Å². The highest BCUT2D eigenvalue weighted by atomic mass is 32.1. The summed E-state index contributed by atoms with van der Waals surface area (Å²) in [6.45, 7) is 0. The minimum Gasteiger partial charge on any atom is -0.338 e. The lowest BCUT2D eigenvalue weighted by Crippen LogP contribution is -2.26. The van der Waals surface area contributed by atoms with Gasteiger partial charge in [0.2, 0.25) is 0 Å². The van der Waals surface area contributed by atoms with Gasteiger partial charge in [-0.15, -0.1) is 11.3 Å². The molecule has 1 aliphatic rings. The number of rotatable bonds is 4. The average Bonchev–Trinajstić information content (AvgIpc) is 3.25. The maximum absolute atomic E-state index is 13.0. The Labute approximate surface area is 145 Å². The molecule has 3 aromatic rings. The summed E-state index contributed by atoms with van der Waals surface area (Å²) in [7, 11) is 0. The highest BCUT2D eigenvalue weighted by Crippen LogP contribution is 2.30. The Kier molecular flexibility index (Phi) is 4.17. The van der Waals surface area contributed by atoms with Crippen LogP contribution < -0.4 is 5.32 Å². The van der Waals surface area contributed by atoms with Gasteiger partial charge in [-0.2, -0.15) is 0 Å². The summed E-state index contributed by atoms with van der Waals surface area (Å²) in [6.07, 6.45) is 8.37. The van der Waals surface area contributed by atoms with Crippen LogP contribution in [0.15, 0.2) is 54.9 Å². The maximum atomic E-state index is 13.0. The molecule has 0 spiro atoms. The standard InChI is InChI=1S/C19H19N3OS/c23-18(21-19-20-15-10-4-5-11-16(15)24-19)17(22-12-6-7-13-22)14-8-2-1-3-9-14/h1-3,6-9,12-13,17H,4-5,10-11H2,(H,20,21,23)/t17-/m0/s1. The van der Waals surface area contributed by atoms with Crippen LogP contribution in [-0.2, 0) is 17.6 Å². The number of carbonyl (C=O) groups excluding carboxylic acids is 1. The molecule has 1 amide bonds. The zero-order valence-corrected chi connectivity index (χ0v) is 14.1. The number of thiazole rings is 1. The van der Waals surface area contributed by atoms with E-state index in [1.807, 2.05) is 59.4 Å². The summed E-state index contributed by atoms with van der Waals surface area (Å²) in [6, 6.07) is 13.3. The van der Waals surface area contributed by atoms with E-state index in [9.17, 15) is 4.79 Å². The van der Waals surface area contributed by atoms with Crippen LogP contribution in [0, 0.1) is 0 Å². The van der Waals surface area contributed by atoms with Crippen molar-refractivity contribution in [3.8, 4) is 0 Å². The number of carbonyl (C=O) groups is 1. The molecule has 1 atom stereocenters. The third-order valence-corrected chi connectivity index (χ3v) is 5.44. The van der Waals surface area contributed by atoms with E-state index in [1.165, 1.54) is 23.4 Å². The first kappa shape index (κ1) is 15.1. The van der Waals surface area contributed by atoms with Gasteiger partial charge in [0.15, 0.2) is 5.13 Å². The van der Waals surface area contributed by atoms with E-state index in [-0.39, 0.29) is 11.9 Å². The zero-order valence-electron chi connectivity index (χ0n) is 13.3. The highest BCUT2D eigenvalue weighted by molar-refractivity contribution is 7.15. The molecule has 0 radical (unpaired) electrons. The third kappa shape index (κ3) is 2.99. The van der Waals surface area contributed by atoms with Gasteiger partial charge < -0.3 is 4.57 Å². The Bertz CT molecular complexity index is 800. The summed E-state index contributed by atoms with van der Waals surface area (Å²) in [5.74, 6) is -0.0523. The van der Waals surface area contributed by atoms with Crippen molar-refractivity contribution in [2.24, 2.45) is 0 Å². The summed E-state index contributed by atoms with van der Waals surface area (Å²) >= 11 is 1.62. The lowest BCUT2D eigenvalue weighted by Gasteiger charge is -2.18. The largest absolute Gasteiger partial charge is 0.338 e. The van der Waals surface area contributed by atoms with Gasteiger partial charge in [-0.3, -0.25) is 10.1 Å². The Balaban J connectivity index is 1.61. The Morgan fingerprint density at radius 3 is 2.58 bits per heavy atom. The number of hydrogen-bond donors (Lipinski definition) is 1. The highest BCUT2D eigenvalue weighted by Gasteiger charge is 2.24. The number of aromatic nitrogens is 2. The Morgan fingerprint density at radius 1 is 1.08 bits per heavy atom. The molecule has 1 N–H and O–H groups in total. The van der Waals surface area contributed by atoms with E-state index < -0.39 is 0 Å². The van der Waals surface area contributed by atoms with Crippen molar-refractivity contribution in [3.05, 3.63) is 71.0 Å². The first-order valence-electron chi connectivity index (χ1n) is 8.28. The van der Waals surface area contributed by atoms with Crippen LogP contribution in [0.1, 0.15) is 35.0 Å². The van der Waals surface area contributed by atoms with Crippen LogP contribution in [0.3, 0.4) is 0 Å². The van der Waals surface area contributed by atoms with Crippen molar-refractivity contribution in [1.29, 1.82) is 0 Å². The lowest BCUT2D eigenvalue weighted by molar-refractivity contribution is -0.118. The first-order valence-corrected chi connectivity index (χ1v) is 9.10. The number of fused-ring (bicyclic) bond motifs is 1. The van der Waals surface area contributed by atoms with Crippen molar-refractivity contribution in [2.75, 3.05) is 5.32 Å². The smallest absolute Gasteiger partial charge is 0.253 e. The monoisotopic (exact) mass is 337 g/mol. The molecular formula is C19H19N3OS. The molecule has 0 aliphatic heterocycles. The fourth-order valence-corrected chi connectivity index (χ4v) is 4.25. The molecule has 2 heterocycles. The fourth-order valence-electron chi connectivity index (χ4n) is 3.19. The van der Waals surface area contributed by atoms with Gasteiger partial charge in [-0.1, -0.05) is 30.3 Å². The summed E-state index contributed by atoms with van der Waals surface area (Å²) < 4.78 is 1.93. The number of nitrogens with zero attached hydrogens (tertiary/aromatic N) is 2. The third-order valence-electron chi connectivity index (χ3n) is 4.37. The Morgan fingerprint density at radius 2 is 1.83 bits per heavy atom. The van der Waals surface area contributed by atoms with E-state index in [4.69, 9.17) is 0 Å². The zero-order chi connectivity index (χ0) is 16.4. The molecule has 5 heteroatoms. The molecular weight excluding hydrogens is 318 g/mol. The van der Waals surface area contributed by atoms with Crippen LogP contribution in [0.5, 0.6) is 0 Å². The molecule has 24 heavy (non-hydrogen) atoms. The van der Waals surface area contributed by atoms with Crippen molar-refractivity contribution < 1.29 is 4.79 Å². The molecule has 1 aromatic carbocycles. The molecule has 0 bridgehead atoms. The molecule has 122 valence electrons. The predicted molar refractivity (Wildman–Crippen MR) is 96.4 cm³/mol.